The Hall–Kier alpha value is -2.63. The molecule has 28 heavy (non-hydrogen) atoms. The number of fused-ring (bicyclic) bond motifs is 1. The first-order valence-electron chi connectivity index (χ1n) is 9.85. The number of hydrogen-bond acceptors (Lipinski definition) is 4. The third-order valence-corrected chi connectivity index (χ3v) is 5.80. The zero-order chi connectivity index (χ0) is 19.7. The Bertz CT molecular complexity index is 964. The van der Waals surface area contributed by atoms with Crippen LogP contribution in [-0.4, -0.2) is 27.8 Å². The van der Waals surface area contributed by atoms with Gasteiger partial charge in [-0.3, -0.25) is 9.58 Å². The Kier molecular flexibility index (Phi) is 5.20. The summed E-state index contributed by atoms with van der Waals surface area (Å²) in [5, 5.41) is 4.54. The van der Waals surface area contributed by atoms with Crippen molar-refractivity contribution in [1.82, 2.24) is 14.7 Å². The molecule has 0 radical (unpaired) electrons. The van der Waals surface area contributed by atoms with Crippen LogP contribution in [0.25, 0.3) is 0 Å². The van der Waals surface area contributed by atoms with Crippen molar-refractivity contribution >= 4 is 0 Å². The van der Waals surface area contributed by atoms with Crippen molar-refractivity contribution in [1.29, 1.82) is 0 Å². The first kappa shape index (κ1) is 18.7. The van der Waals surface area contributed by atoms with Crippen LogP contribution in [0.4, 0.5) is 0 Å². The van der Waals surface area contributed by atoms with Crippen LogP contribution >= 0.6 is 0 Å². The zero-order valence-corrected chi connectivity index (χ0v) is 16.9. The fraction of sp³-hybridized carbons (Fsp3) is 0.348. The van der Waals surface area contributed by atoms with Gasteiger partial charge < -0.3 is 10.5 Å². The van der Waals surface area contributed by atoms with Gasteiger partial charge in [0.2, 0.25) is 0 Å². The molecule has 1 aliphatic heterocycles. The molecule has 2 N–H and O–H groups in total. The molecule has 0 fully saturated rings. The second kappa shape index (κ2) is 7.78. The molecular formula is C23H28N4O. The van der Waals surface area contributed by atoms with E-state index >= 15 is 0 Å². The lowest BCUT2D eigenvalue weighted by Gasteiger charge is -2.24. The number of ether oxygens (including phenoxy) is 1. The molecule has 0 aliphatic carbocycles. The quantitative estimate of drug-likeness (QED) is 0.709. The number of rotatable bonds is 6. The highest BCUT2D eigenvalue weighted by Gasteiger charge is 2.29. The fourth-order valence-electron chi connectivity index (χ4n) is 4.19. The minimum Gasteiger partial charge on any atom is -0.457 e. The van der Waals surface area contributed by atoms with E-state index in [9.17, 15) is 0 Å². The lowest BCUT2D eigenvalue weighted by molar-refractivity contribution is 0.222. The predicted octanol–water partition coefficient (Wildman–Crippen LogP) is 3.89. The van der Waals surface area contributed by atoms with Crippen molar-refractivity contribution in [2.24, 2.45) is 12.8 Å². The smallest absolute Gasteiger partial charge is 0.127 e. The number of hydrogen-bond donors (Lipinski definition) is 1. The van der Waals surface area contributed by atoms with Crippen LogP contribution in [0.3, 0.4) is 0 Å². The van der Waals surface area contributed by atoms with Crippen LogP contribution in [-0.2, 0) is 20.0 Å². The van der Waals surface area contributed by atoms with Crippen molar-refractivity contribution < 1.29 is 4.74 Å². The number of aryl methyl sites for hydroxylation is 2. The summed E-state index contributed by atoms with van der Waals surface area (Å²) < 4.78 is 7.99. The second-order valence-electron chi connectivity index (χ2n) is 7.52. The molecule has 3 aromatic rings. The number of para-hydroxylation sites is 1. The number of benzene rings is 2. The van der Waals surface area contributed by atoms with E-state index in [1.165, 1.54) is 22.4 Å². The van der Waals surface area contributed by atoms with Crippen LogP contribution < -0.4 is 10.5 Å². The average molecular weight is 377 g/mol. The number of nitrogens with zero attached hydrogens (tertiary/aromatic N) is 3. The maximum absolute atomic E-state index is 6.18. The first-order valence-corrected chi connectivity index (χ1v) is 9.85. The molecule has 1 aromatic heterocycles. The predicted molar refractivity (Wildman–Crippen MR) is 112 cm³/mol. The Morgan fingerprint density at radius 1 is 1.11 bits per heavy atom. The Balaban J connectivity index is 1.50. The zero-order valence-electron chi connectivity index (χ0n) is 16.9. The van der Waals surface area contributed by atoms with Gasteiger partial charge in [0.25, 0.3) is 0 Å². The first-order chi connectivity index (χ1) is 13.6. The van der Waals surface area contributed by atoms with Gasteiger partial charge in [-0.15, -0.1) is 0 Å². The third kappa shape index (κ3) is 3.55. The SMILES string of the molecule is Cc1nn(C)c(C)c1CCN1Cc2ccc(Oc3ccccc3)cc2C1CN. The summed E-state index contributed by atoms with van der Waals surface area (Å²) in [5.74, 6) is 1.72. The van der Waals surface area contributed by atoms with Crippen molar-refractivity contribution in [3.05, 3.63) is 76.6 Å². The van der Waals surface area contributed by atoms with E-state index in [0.29, 0.717) is 6.54 Å². The highest BCUT2D eigenvalue weighted by molar-refractivity contribution is 5.42. The van der Waals surface area contributed by atoms with Crippen LogP contribution in [0.2, 0.25) is 0 Å². The molecule has 2 aromatic carbocycles. The summed E-state index contributed by atoms with van der Waals surface area (Å²) in [7, 11) is 2.01. The molecule has 0 bridgehead atoms. The summed E-state index contributed by atoms with van der Waals surface area (Å²) in [4.78, 5) is 2.48. The van der Waals surface area contributed by atoms with Gasteiger partial charge in [-0.05, 0) is 61.2 Å². The Morgan fingerprint density at radius 2 is 1.89 bits per heavy atom. The van der Waals surface area contributed by atoms with Crippen LogP contribution in [0.15, 0.2) is 48.5 Å². The maximum atomic E-state index is 6.18. The van der Waals surface area contributed by atoms with E-state index < -0.39 is 0 Å². The van der Waals surface area contributed by atoms with Gasteiger partial charge in [-0.1, -0.05) is 24.3 Å². The highest BCUT2D eigenvalue weighted by Crippen LogP contribution is 2.36. The van der Waals surface area contributed by atoms with Crippen molar-refractivity contribution in [3.8, 4) is 11.5 Å². The molecule has 0 amide bonds. The molecule has 0 spiro atoms. The molecular weight excluding hydrogens is 348 g/mol. The maximum Gasteiger partial charge on any atom is 0.127 e. The Morgan fingerprint density at radius 3 is 2.57 bits per heavy atom. The molecule has 1 atom stereocenters. The molecule has 5 heteroatoms. The monoisotopic (exact) mass is 376 g/mol. The molecule has 0 saturated carbocycles. The van der Waals surface area contributed by atoms with E-state index in [4.69, 9.17) is 10.5 Å². The molecule has 4 rings (SSSR count). The summed E-state index contributed by atoms with van der Waals surface area (Å²) >= 11 is 0. The van der Waals surface area contributed by atoms with Crippen LogP contribution in [0.5, 0.6) is 11.5 Å². The topological polar surface area (TPSA) is 56.3 Å². The highest BCUT2D eigenvalue weighted by atomic mass is 16.5. The minimum absolute atomic E-state index is 0.228. The average Bonchev–Trinajstić information content (AvgIpc) is 3.16. The second-order valence-corrected chi connectivity index (χ2v) is 7.52. The van der Waals surface area contributed by atoms with Gasteiger partial charge in [-0.2, -0.15) is 5.10 Å². The van der Waals surface area contributed by atoms with Gasteiger partial charge in [0.05, 0.1) is 5.69 Å². The summed E-state index contributed by atoms with van der Waals surface area (Å²) in [6.45, 7) is 6.74. The molecule has 146 valence electrons. The van der Waals surface area contributed by atoms with Crippen molar-refractivity contribution in [2.45, 2.75) is 32.9 Å². The minimum atomic E-state index is 0.228. The summed E-state index contributed by atoms with van der Waals surface area (Å²) in [6, 6.07) is 16.5. The third-order valence-electron chi connectivity index (χ3n) is 5.80. The van der Waals surface area contributed by atoms with Gasteiger partial charge >= 0.3 is 0 Å². The molecule has 1 aliphatic rings. The molecule has 2 heterocycles. The number of aromatic nitrogens is 2. The van der Waals surface area contributed by atoms with Crippen molar-refractivity contribution in [2.75, 3.05) is 13.1 Å². The molecule has 0 saturated heterocycles. The summed E-state index contributed by atoms with van der Waals surface area (Å²) in [6.07, 6.45) is 0.989. The van der Waals surface area contributed by atoms with E-state index in [2.05, 4.69) is 42.0 Å². The lowest BCUT2D eigenvalue weighted by Crippen LogP contribution is -2.30. The lowest BCUT2D eigenvalue weighted by atomic mass is 10.0. The van der Waals surface area contributed by atoms with Gasteiger partial charge in [0, 0.05) is 38.4 Å². The normalized spacial score (nSPS) is 16.4. The van der Waals surface area contributed by atoms with E-state index in [-0.39, 0.29) is 6.04 Å². The fourth-order valence-corrected chi connectivity index (χ4v) is 4.19. The van der Waals surface area contributed by atoms with Gasteiger partial charge in [0.1, 0.15) is 11.5 Å². The molecule has 5 nitrogen and oxygen atoms in total. The van der Waals surface area contributed by atoms with Gasteiger partial charge in [-0.25, -0.2) is 0 Å². The van der Waals surface area contributed by atoms with Crippen LogP contribution in [0, 0.1) is 13.8 Å². The largest absolute Gasteiger partial charge is 0.457 e. The van der Waals surface area contributed by atoms with Crippen LogP contribution in [0.1, 0.15) is 34.1 Å². The van der Waals surface area contributed by atoms with Crippen molar-refractivity contribution in [3.63, 3.8) is 0 Å². The summed E-state index contributed by atoms with van der Waals surface area (Å²) in [5.41, 5.74) is 12.5. The van der Waals surface area contributed by atoms with E-state index in [1.807, 2.05) is 42.1 Å². The number of nitrogens with two attached hydrogens (primary N) is 1. The Labute approximate surface area is 166 Å². The van der Waals surface area contributed by atoms with E-state index in [1.54, 1.807) is 0 Å². The standard InChI is InChI=1S/C23H28N4O/c1-16-21(17(2)26(3)25-16)11-12-27-15-18-9-10-20(13-22(18)23(27)14-24)28-19-7-5-4-6-8-19/h4-10,13,23H,11-12,14-15,24H2,1-3H3. The van der Waals surface area contributed by atoms with E-state index in [0.717, 1.165) is 36.7 Å². The van der Waals surface area contributed by atoms with Gasteiger partial charge in [0.15, 0.2) is 0 Å². The molecule has 1 unspecified atom stereocenters.